The fraction of sp³-hybridized carbons (Fsp3) is 0.806. The van der Waals surface area contributed by atoms with Crippen LogP contribution >= 0.6 is 0 Å². The molecule has 1 unspecified atom stereocenters. The Morgan fingerprint density at radius 1 is 1.12 bits per heavy atom. The number of unbranched alkanes of at least 4 members (excludes halogenated alkanes) is 1. The summed E-state index contributed by atoms with van der Waals surface area (Å²) in [5.41, 5.74) is 3.56. The fourth-order valence-corrected chi connectivity index (χ4v) is 7.64. The van der Waals surface area contributed by atoms with E-state index in [1.54, 1.807) is 5.57 Å². The number of rotatable bonds is 9. The Morgan fingerprint density at radius 3 is 2.50 bits per heavy atom. The molecule has 3 aliphatic carbocycles. The van der Waals surface area contributed by atoms with Crippen molar-refractivity contribution in [3.8, 4) is 0 Å². The smallest absolute Gasteiger partial charge is 0.0811 e. The van der Waals surface area contributed by atoms with E-state index >= 15 is 0 Å². The first kappa shape index (κ1) is 27.7. The van der Waals surface area contributed by atoms with E-state index in [9.17, 15) is 15.3 Å². The number of hydrogen-bond acceptors (Lipinski definition) is 3. The van der Waals surface area contributed by atoms with Crippen molar-refractivity contribution in [2.75, 3.05) is 0 Å². The quantitative estimate of drug-likeness (QED) is 0.309. The summed E-state index contributed by atoms with van der Waals surface area (Å²) in [6.07, 6.45) is 16.9. The van der Waals surface area contributed by atoms with Crippen LogP contribution in [0, 0.1) is 22.7 Å². The van der Waals surface area contributed by atoms with Gasteiger partial charge in [-0.3, -0.25) is 0 Å². The highest BCUT2D eigenvalue weighted by atomic mass is 16.3. The average molecular weight is 473 g/mol. The van der Waals surface area contributed by atoms with Gasteiger partial charge in [-0.1, -0.05) is 78.2 Å². The fourth-order valence-electron chi connectivity index (χ4n) is 7.64. The second kappa shape index (κ2) is 11.0. The van der Waals surface area contributed by atoms with Gasteiger partial charge in [0.2, 0.25) is 0 Å². The lowest BCUT2D eigenvalue weighted by molar-refractivity contribution is -0.00105. The van der Waals surface area contributed by atoms with Crippen molar-refractivity contribution in [1.82, 2.24) is 0 Å². The standard InChI is InChI=1S/C31H52O3/c1-7-31(34,8-2)18-10-9-12-22(3)29(5)19-16-27-24(13-11-17-30(27,29)6)14-15-25-20-26(32)21-28(33)23(25)4/h14-15,22,26-28,32-34H,4,7-13,16-21H2,1-3,5-6H3/b24-14+,25-15-/t22-,26-,27+,28+,29?,30+/m1/s1. The SMILES string of the molecule is C=C1/C(=C\C=C2/CCC[C@@]3(C)[C@H]2CCC3(C)[C@H](C)CCCCC(O)(CC)CC)C[C@@H](O)C[C@@H]1O. The molecule has 0 saturated heterocycles. The van der Waals surface area contributed by atoms with Gasteiger partial charge in [0.05, 0.1) is 17.8 Å². The minimum Gasteiger partial charge on any atom is -0.393 e. The van der Waals surface area contributed by atoms with Crippen LogP contribution in [0.5, 0.6) is 0 Å². The van der Waals surface area contributed by atoms with Crippen LogP contribution in [0.2, 0.25) is 0 Å². The molecule has 0 aliphatic heterocycles. The van der Waals surface area contributed by atoms with Crippen molar-refractivity contribution >= 4 is 0 Å². The third-order valence-electron chi connectivity index (χ3n) is 10.8. The summed E-state index contributed by atoms with van der Waals surface area (Å²) in [7, 11) is 0. The average Bonchev–Trinajstić information content (AvgIpc) is 3.09. The van der Waals surface area contributed by atoms with Gasteiger partial charge in [0.25, 0.3) is 0 Å². The predicted octanol–water partition coefficient (Wildman–Crippen LogP) is 7.27. The number of aliphatic hydroxyl groups excluding tert-OH is 2. The maximum Gasteiger partial charge on any atom is 0.0811 e. The predicted molar refractivity (Wildman–Crippen MR) is 143 cm³/mol. The zero-order chi connectivity index (χ0) is 25.1. The zero-order valence-corrected chi connectivity index (χ0v) is 22.7. The van der Waals surface area contributed by atoms with E-state index in [-0.39, 0.29) is 0 Å². The van der Waals surface area contributed by atoms with E-state index in [1.165, 1.54) is 44.9 Å². The number of fused-ring (bicyclic) bond motifs is 1. The molecule has 0 radical (unpaired) electrons. The molecule has 0 aromatic carbocycles. The molecule has 3 rings (SSSR count). The highest BCUT2D eigenvalue weighted by Crippen LogP contribution is 2.66. The minimum absolute atomic E-state index is 0.325. The summed E-state index contributed by atoms with van der Waals surface area (Å²) in [6.45, 7) is 15.9. The first-order valence-electron chi connectivity index (χ1n) is 14.2. The van der Waals surface area contributed by atoms with E-state index in [0.717, 1.165) is 36.8 Å². The molecule has 0 bridgehead atoms. The molecule has 3 nitrogen and oxygen atoms in total. The highest BCUT2D eigenvalue weighted by molar-refractivity contribution is 5.38. The molecule has 0 amide bonds. The largest absolute Gasteiger partial charge is 0.393 e. The monoisotopic (exact) mass is 472 g/mol. The topological polar surface area (TPSA) is 60.7 Å². The lowest BCUT2D eigenvalue weighted by atomic mass is 9.53. The molecule has 3 saturated carbocycles. The van der Waals surface area contributed by atoms with Crippen LogP contribution in [0.4, 0.5) is 0 Å². The summed E-state index contributed by atoms with van der Waals surface area (Å²) < 4.78 is 0. The van der Waals surface area contributed by atoms with Crippen molar-refractivity contribution in [2.24, 2.45) is 22.7 Å². The zero-order valence-electron chi connectivity index (χ0n) is 22.7. The molecule has 0 spiro atoms. The van der Waals surface area contributed by atoms with Crippen molar-refractivity contribution in [3.63, 3.8) is 0 Å². The van der Waals surface area contributed by atoms with Crippen molar-refractivity contribution in [3.05, 3.63) is 35.5 Å². The van der Waals surface area contributed by atoms with E-state index < -0.39 is 17.8 Å². The molecule has 3 fully saturated rings. The Balaban J connectivity index is 1.68. The van der Waals surface area contributed by atoms with Gasteiger partial charge < -0.3 is 15.3 Å². The lowest BCUT2D eigenvalue weighted by Crippen LogP contribution is -2.43. The molecular formula is C31H52O3. The van der Waals surface area contributed by atoms with Crippen molar-refractivity contribution < 1.29 is 15.3 Å². The van der Waals surface area contributed by atoms with Crippen LogP contribution in [-0.2, 0) is 0 Å². The Morgan fingerprint density at radius 2 is 1.82 bits per heavy atom. The van der Waals surface area contributed by atoms with E-state index in [2.05, 4.69) is 53.3 Å². The van der Waals surface area contributed by atoms with Crippen LogP contribution in [0.1, 0.15) is 118 Å². The number of aliphatic hydroxyl groups is 3. The van der Waals surface area contributed by atoms with Crippen LogP contribution in [0.3, 0.4) is 0 Å². The maximum absolute atomic E-state index is 10.6. The van der Waals surface area contributed by atoms with Crippen LogP contribution in [0.15, 0.2) is 35.5 Å². The summed E-state index contributed by atoms with van der Waals surface area (Å²) in [6, 6.07) is 0. The Kier molecular flexibility index (Phi) is 8.97. The molecule has 194 valence electrons. The summed E-state index contributed by atoms with van der Waals surface area (Å²) >= 11 is 0. The number of allylic oxidation sites excluding steroid dienone is 3. The van der Waals surface area contributed by atoms with Gasteiger partial charge in [-0.15, -0.1) is 0 Å². The highest BCUT2D eigenvalue weighted by Gasteiger charge is 2.57. The summed E-state index contributed by atoms with van der Waals surface area (Å²) in [5, 5.41) is 30.9. The summed E-state index contributed by atoms with van der Waals surface area (Å²) in [4.78, 5) is 0. The van der Waals surface area contributed by atoms with E-state index in [0.29, 0.717) is 35.5 Å². The van der Waals surface area contributed by atoms with E-state index in [4.69, 9.17) is 0 Å². The van der Waals surface area contributed by atoms with E-state index in [1.807, 2.05) is 0 Å². The third kappa shape index (κ3) is 5.42. The molecule has 3 heteroatoms. The normalized spacial score (nSPS) is 37.9. The Hall–Kier alpha value is -0.900. The Labute approximate surface area is 209 Å². The molecule has 0 heterocycles. The second-order valence-corrected chi connectivity index (χ2v) is 12.4. The van der Waals surface area contributed by atoms with Gasteiger partial charge in [0, 0.05) is 6.42 Å². The molecule has 3 aliphatic rings. The van der Waals surface area contributed by atoms with Gasteiger partial charge in [0.15, 0.2) is 0 Å². The third-order valence-corrected chi connectivity index (χ3v) is 10.8. The molecule has 34 heavy (non-hydrogen) atoms. The van der Waals surface area contributed by atoms with Crippen LogP contribution < -0.4 is 0 Å². The van der Waals surface area contributed by atoms with Gasteiger partial charge >= 0.3 is 0 Å². The maximum atomic E-state index is 10.6. The van der Waals surface area contributed by atoms with Crippen LogP contribution in [-0.4, -0.2) is 33.1 Å². The lowest BCUT2D eigenvalue weighted by Gasteiger charge is -2.51. The molecule has 6 atom stereocenters. The molecule has 0 aromatic rings. The van der Waals surface area contributed by atoms with Gasteiger partial charge in [-0.2, -0.15) is 0 Å². The molecular weight excluding hydrogens is 420 g/mol. The molecule has 3 N–H and O–H groups in total. The van der Waals surface area contributed by atoms with Crippen molar-refractivity contribution in [1.29, 1.82) is 0 Å². The van der Waals surface area contributed by atoms with Gasteiger partial charge in [0.1, 0.15) is 0 Å². The molecule has 0 aromatic heterocycles. The summed E-state index contributed by atoms with van der Waals surface area (Å²) in [5.74, 6) is 1.31. The minimum atomic E-state index is -0.619. The Bertz CT molecular complexity index is 776. The first-order chi connectivity index (χ1) is 16.0. The number of hydrogen-bond donors (Lipinski definition) is 3. The van der Waals surface area contributed by atoms with Gasteiger partial charge in [-0.05, 0) is 91.6 Å². The second-order valence-electron chi connectivity index (χ2n) is 12.4. The van der Waals surface area contributed by atoms with Crippen LogP contribution in [0.25, 0.3) is 0 Å². The van der Waals surface area contributed by atoms with Gasteiger partial charge in [-0.25, -0.2) is 0 Å². The first-order valence-corrected chi connectivity index (χ1v) is 14.2. The van der Waals surface area contributed by atoms with Crippen molar-refractivity contribution in [2.45, 2.75) is 136 Å².